The van der Waals surface area contributed by atoms with Crippen LogP contribution in [0.5, 0.6) is 0 Å². The van der Waals surface area contributed by atoms with E-state index in [2.05, 4.69) is 15.5 Å². The SMILES string of the molecule is O=C(NC(Cc1ccccc1)c1nc(-c2cccc(C(F)(F)F)c2)no1)C1CC1. The normalized spacial score (nSPS) is 15.1. The molecule has 2 aromatic carbocycles. The van der Waals surface area contributed by atoms with Crippen molar-refractivity contribution in [2.75, 3.05) is 0 Å². The highest BCUT2D eigenvalue weighted by Gasteiger charge is 2.33. The number of hydrogen-bond acceptors (Lipinski definition) is 4. The Morgan fingerprint density at radius 1 is 1.14 bits per heavy atom. The van der Waals surface area contributed by atoms with Gasteiger partial charge in [-0.3, -0.25) is 4.79 Å². The molecule has 0 spiro atoms. The van der Waals surface area contributed by atoms with Crippen LogP contribution < -0.4 is 5.32 Å². The first-order valence-corrected chi connectivity index (χ1v) is 9.25. The molecule has 3 aromatic rings. The van der Waals surface area contributed by atoms with Crippen molar-refractivity contribution in [2.45, 2.75) is 31.5 Å². The predicted molar refractivity (Wildman–Crippen MR) is 98.5 cm³/mol. The first-order chi connectivity index (χ1) is 13.9. The smallest absolute Gasteiger partial charge is 0.344 e. The maximum atomic E-state index is 13.0. The Bertz CT molecular complexity index is 998. The Balaban J connectivity index is 1.60. The Hall–Kier alpha value is -3.16. The lowest BCUT2D eigenvalue weighted by atomic mass is 10.1. The molecule has 0 aliphatic heterocycles. The third-order valence-electron chi connectivity index (χ3n) is 4.74. The lowest BCUT2D eigenvalue weighted by molar-refractivity contribution is -0.137. The minimum atomic E-state index is -4.46. The first kappa shape index (κ1) is 19.2. The van der Waals surface area contributed by atoms with Gasteiger partial charge in [0.05, 0.1) is 5.56 Å². The number of nitrogens with one attached hydrogen (secondary N) is 1. The van der Waals surface area contributed by atoms with Gasteiger partial charge in [-0.25, -0.2) is 0 Å². The van der Waals surface area contributed by atoms with Crippen LogP contribution in [0.2, 0.25) is 0 Å². The number of amides is 1. The highest BCUT2D eigenvalue weighted by atomic mass is 19.4. The number of carbonyl (C=O) groups is 1. The number of carbonyl (C=O) groups excluding carboxylic acids is 1. The molecule has 8 heteroatoms. The minimum Gasteiger partial charge on any atom is -0.344 e. The number of halogens is 3. The number of benzene rings is 2. The zero-order chi connectivity index (χ0) is 20.4. The van der Waals surface area contributed by atoms with E-state index in [0.717, 1.165) is 30.5 Å². The molecule has 1 aromatic heterocycles. The molecule has 0 saturated heterocycles. The summed E-state index contributed by atoms with van der Waals surface area (Å²) in [7, 11) is 0. The van der Waals surface area contributed by atoms with E-state index in [4.69, 9.17) is 4.52 Å². The van der Waals surface area contributed by atoms with Gasteiger partial charge in [0.25, 0.3) is 0 Å². The van der Waals surface area contributed by atoms with Crippen molar-refractivity contribution in [1.29, 1.82) is 0 Å². The highest BCUT2D eigenvalue weighted by molar-refractivity contribution is 5.81. The van der Waals surface area contributed by atoms with Gasteiger partial charge >= 0.3 is 6.18 Å². The second-order valence-corrected chi connectivity index (χ2v) is 7.06. The third-order valence-corrected chi connectivity index (χ3v) is 4.74. The lowest BCUT2D eigenvalue weighted by Gasteiger charge is -2.15. The summed E-state index contributed by atoms with van der Waals surface area (Å²) in [6.45, 7) is 0. The van der Waals surface area contributed by atoms with Gasteiger partial charge in [0.2, 0.25) is 17.6 Å². The second-order valence-electron chi connectivity index (χ2n) is 7.06. The molecule has 1 saturated carbocycles. The van der Waals surface area contributed by atoms with Crippen molar-refractivity contribution < 1.29 is 22.5 Å². The lowest BCUT2D eigenvalue weighted by Crippen LogP contribution is -2.31. The van der Waals surface area contributed by atoms with Gasteiger partial charge in [0.15, 0.2) is 0 Å². The van der Waals surface area contributed by atoms with Gasteiger partial charge in [0.1, 0.15) is 6.04 Å². The number of nitrogens with zero attached hydrogens (tertiary/aromatic N) is 2. The fourth-order valence-electron chi connectivity index (χ4n) is 3.01. The molecule has 1 heterocycles. The molecule has 1 N–H and O–H groups in total. The Labute approximate surface area is 164 Å². The molecule has 4 rings (SSSR count). The number of hydrogen-bond donors (Lipinski definition) is 1. The highest BCUT2D eigenvalue weighted by Crippen LogP contribution is 2.32. The molecule has 1 unspecified atom stereocenters. The van der Waals surface area contributed by atoms with Crippen LogP contribution in [0.3, 0.4) is 0 Å². The van der Waals surface area contributed by atoms with E-state index in [-0.39, 0.29) is 29.1 Å². The van der Waals surface area contributed by atoms with Crippen LogP contribution in [-0.2, 0) is 17.4 Å². The standard InChI is InChI=1S/C21H18F3N3O2/c22-21(23,24)16-8-4-7-15(12-16)18-26-20(29-27-18)17(25-19(28)14-9-10-14)11-13-5-2-1-3-6-13/h1-8,12,14,17H,9-11H2,(H,25,28). The predicted octanol–water partition coefficient (Wildman–Crippen LogP) is 4.57. The van der Waals surface area contributed by atoms with E-state index in [1.54, 1.807) is 0 Å². The fourth-order valence-corrected chi connectivity index (χ4v) is 3.01. The molecule has 1 aliphatic rings. The summed E-state index contributed by atoms with van der Waals surface area (Å²) in [5.74, 6) is 0.129. The molecule has 29 heavy (non-hydrogen) atoms. The topological polar surface area (TPSA) is 68.0 Å². The van der Waals surface area contributed by atoms with E-state index in [9.17, 15) is 18.0 Å². The monoisotopic (exact) mass is 401 g/mol. The summed E-state index contributed by atoms with van der Waals surface area (Å²) in [5, 5.41) is 6.76. The molecule has 1 aliphatic carbocycles. The minimum absolute atomic E-state index is 0.000803. The third kappa shape index (κ3) is 4.64. The molecule has 0 bridgehead atoms. The summed E-state index contributed by atoms with van der Waals surface area (Å²) in [5.41, 5.74) is 0.374. The molecule has 1 fully saturated rings. The average Bonchev–Trinajstić information content (AvgIpc) is 3.44. The molecule has 0 radical (unpaired) electrons. The van der Waals surface area contributed by atoms with E-state index in [0.29, 0.717) is 6.42 Å². The number of alkyl halides is 3. The Morgan fingerprint density at radius 2 is 1.90 bits per heavy atom. The molecule has 1 atom stereocenters. The van der Waals surface area contributed by atoms with Gasteiger partial charge in [-0.2, -0.15) is 18.2 Å². The fraction of sp³-hybridized carbons (Fsp3) is 0.286. The zero-order valence-electron chi connectivity index (χ0n) is 15.3. The van der Waals surface area contributed by atoms with Gasteiger partial charge < -0.3 is 9.84 Å². The van der Waals surface area contributed by atoms with Gasteiger partial charge in [0, 0.05) is 17.9 Å². The Morgan fingerprint density at radius 3 is 2.59 bits per heavy atom. The van der Waals surface area contributed by atoms with Crippen LogP contribution in [0.1, 0.15) is 35.9 Å². The summed E-state index contributed by atoms with van der Waals surface area (Å²) in [6, 6.07) is 13.7. The molecular formula is C21H18F3N3O2. The van der Waals surface area contributed by atoms with Crippen molar-refractivity contribution in [3.8, 4) is 11.4 Å². The van der Waals surface area contributed by atoms with Crippen molar-refractivity contribution in [2.24, 2.45) is 5.92 Å². The van der Waals surface area contributed by atoms with Crippen LogP contribution in [0.25, 0.3) is 11.4 Å². The maximum Gasteiger partial charge on any atom is 0.416 e. The van der Waals surface area contributed by atoms with Crippen LogP contribution in [-0.4, -0.2) is 16.0 Å². The summed E-state index contributed by atoms with van der Waals surface area (Å²) in [4.78, 5) is 16.6. The van der Waals surface area contributed by atoms with Gasteiger partial charge in [-0.15, -0.1) is 0 Å². The van der Waals surface area contributed by atoms with Crippen molar-refractivity contribution >= 4 is 5.91 Å². The van der Waals surface area contributed by atoms with E-state index in [1.807, 2.05) is 30.3 Å². The molecular weight excluding hydrogens is 383 g/mol. The van der Waals surface area contributed by atoms with Crippen molar-refractivity contribution in [1.82, 2.24) is 15.5 Å². The summed E-state index contributed by atoms with van der Waals surface area (Å²) < 4.78 is 44.2. The van der Waals surface area contributed by atoms with Gasteiger partial charge in [-0.05, 0) is 30.5 Å². The van der Waals surface area contributed by atoms with Crippen LogP contribution >= 0.6 is 0 Å². The van der Waals surface area contributed by atoms with Gasteiger partial charge in [-0.1, -0.05) is 47.6 Å². The number of rotatable bonds is 6. The first-order valence-electron chi connectivity index (χ1n) is 9.25. The van der Waals surface area contributed by atoms with E-state index >= 15 is 0 Å². The largest absolute Gasteiger partial charge is 0.416 e. The molecule has 150 valence electrons. The second kappa shape index (κ2) is 7.69. The zero-order valence-corrected chi connectivity index (χ0v) is 15.3. The van der Waals surface area contributed by atoms with Crippen molar-refractivity contribution in [3.05, 3.63) is 71.6 Å². The average molecular weight is 401 g/mol. The number of aromatic nitrogens is 2. The van der Waals surface area contributed by atoms with E-state index < -0.39 is 17.8 Å². The van der Waals surface area contributed by atoms with Crippen LogP contribution in [0.4, 0.5) is 13.2 Å². The molecule has 1 amide bonds. The quantitative estimate of drug-likeness (QED) is 0.657. The van der Waals surface area contributed by atoms with Crippen LogP contribution in [0, 0.1) is 5.92 Å². The van der Waals surface area contributed by atoms with E-state index in [1.165, 1.54) is 12.1 Å². The Kier molecular flexibility index (Phi) is 5.08. The molecule has 5 nitrogen and oxygen atoms in total. The summed E-state index contributed by atoms with van der Waals surface area (Å²) >= 11 is 0. The maximum absolute atomic E-state index is 13.0. The van der Waals surface area contributed by atoms with Crippen LogP contribution in [0.15, 0.2) is 59.1 Å². The van der Waals surface area contributed by atoms with Crippen molar-refractivity contribution in [3.63, 3.8) is 0 Å². The summed E-state index contributed by atoms with van der Waals surface area (Å²) in [6.07, 6.45) is -2.33.